The molecule has 0 saturated carbocycles. The van der Waals surface area contributed by atoms with E-state index >= 15 is 0 Å². The lowest BCUT2D eigenvalue weighted by atomic mass is 9.93. The summed E-state index contributed by atoms with van der Waals surface area (Å²) < 4.78 is 65.6. The smallest absolute Gasteiger partial charge is 0.376 e. The molecule has 6 nitrogen and oxygen atoms in total. The van der Waals surface area contributed by atoms with Gasteiger partial charge in [0.15, 0.2) is 5.78 Å². The predicted molar refractivity (Wildman–Crippen MR) is 114 cm³/mol. The second-order valence-corrected chi connectivity index (χ2v) is 9.53. The highest BCUT2D eigenvalue weighted by Gasteiger charge is 2.48. The summed E-state index contributed by atoms with van der Waals surface area (Å²) in [5, 5.41) is 3.39. The lowest BCUT2D eigenvalue weighted by molar-refractivity contribution is -0.0500. The van der Waals surface area contributed by atoms with E-state index in [1.807, 2.05) is 13.8 Å². The maximum atomic E-state index is 12.8. The molecule has 3 atom stereocenters. The fourth-order valence-electron chi connectivity index (χ4n) is 3.80. The second kappa shape index (κ2) is 9.21. The molecule has 1 aliphatic rings. The highest BCUT2D eigenvalue weighted by molar-refractivity contribution is 7.88. The topological polar surface area (TPSA) is 75.7 Å². The summed E-state index contributed by atoms with van der Waals surface area (Å²) >= 11 is 0. The Balaban J connectivity index is 2.04. The molecule has 32 heavy (non-hydrogen) atoms. The molecule has 3 rings (SSSR count). The van der Waals surface area contributed by atoms with Crippen LogP contribution in [0, 0.1) is 0 Å². The van der Waals surface area contributed by atoms with E-state index in [2.05, 4.69) is 14.4 Å². The Labute approximate surface area is 185 Å². The van der Waals surface area contributed by atoms with Crippen molar-refractivity contribution < 1.29 is 30.6 Å². The maximum absolute atomic E-state index is 12.8. The zero-order chi connectivity index (χ0) is 23.7. The molecular weight excluding hydrogens is 445 g/mol. The van der Waals surface area contributed by atoms with Crippen LogP contribution in [0.5, 0.6) is 5.75 Å². The van der Waals surface area contributed by atoms with E-state index in [1.165, 1.54) is 25.1 Å². The molecule has 2 aromatic rings. The van der Waals surface area contributed by atoms with Crippen molar-refractivity contribution in [2.75, 3.05) is 13.1 Å². The molecule has 1 saturated heterocycles. The second-order valence-electron chi connectivity index (χ2n) is 7.99. The molecule has 0 amide bonds. The average molecular weight is 471 g/mol. The molecule has 174 valence electrons. The fourth-order valence-corrected chi connectivity index (χ4v) is 4.25. The molecule has 10 heteroatoms. The summed E-state index contributed by atoms with van der Waals surface area (Å²) in [5.41, 5.74) is -3.57. The van der Waals surface area contributed by atoms with Crippen molar-refractivity contribution in [3.05, 3.63) is 65.2 Å². The Morgan fingerprint density at radius 2 is 1.78 bits per heavy atom. The van der Waals surface area contributed by atoms with Crippen molar-refractivity contribution >= 4 is 15.9 Å². The van der Waals surface area contributed by atoms with E-state index < -0.39 is 21.4 Å². The van der Waals surface area contributed by atoms with Crippen molar-refractivity contribution in [2.45, 2.75) is 44.4 Å². The Bertz CT molecular complexity index is 1070. The number of carbonyl (C=O) groups excluding carboxylic acids is 1. The van der Waals surface area contributed by atoms with Gasteiger partial charge in [0, 0.05) is 30.7 Å². The summed E-state index contributed by atoms with van der Waals surface area (Å²) in [5.74, 6) is -0.494. The number of nitrogens with zero attached hydrogens (tertiary/aromatic N) is 1. The lowest BCUT2D eigenvalue weighted by Gasteiger charge is -2.43. The number of rotatable bonds is 6. The van der Waals surface area contributed by atoms with Crippen LogP contribution in [0.4, 0.5) is 13.2 Å². The van der Waals surface area contributed by atoms with Crippen molar-refractivity contribution in [3.8, 4) is 5.75 Å². The third kappa shape index (κ3) is 5.31. The van der Waals surface area contributed by atoms with Crippen molar-refractivity contribution in [1.29, 1.82) is 0 Å². The van der Waals surface area contributed by atoms with Gasteiger partial charge in [0.25, 0.3) is 0 Å². The predicted octanol–water partition coefficient (Wildman–Crippen LogP) is 3.89. The highest BCUT2D eigenvalue weighted by Crippen LogP contribution is 2.35. The van der Waals surface area contributed by atoms with Crippen LogP contribution in [0.1, 0.15) is 48.3 Å². The van der Waals surface area contributed by atoms with Gasteiger partial charge in [-0.3, -0.25) is 9.69 Å². The fraction of sp³-hybridized carbons (Fsp3) is 0.409. The SMILES string of the molecule is CC(=O)c1ccc([C@H](c2cccc(OS(=O)(=O)C(F)(F)F)c2)N2C[C@@H](C)NC[C@@H]2C)cc1. The van der Waals surface area contributed by atoms with Gasteiger partial charge in [-0.05, 0) is 44.0 Å². The summed E-state index contributed by atoms with van der Waals surface area (Å²) in [4.78, 5) is 13.9. The summed E-state index contributed by atoms with van der Waals surface area (Å²) in [7, 11) is -5.78. The molecule has 0 unspecified atom stereocenters. The first kappa shape index (κ1) is 24.2. The largest absolute Gasteiger partial charge is 0.534 e. The van der Waals surface area contributed by atoms with Crippen LogP contribution >= 0.6 is 0 Å². The maximum Gasteiger partial charge on any atom is 0.534 e. The van der Waals surface area contributed by atoms with Gasteiger partial charge < -0.3 is 9.50 Å². The number of benzene rings is 2. The van der Waals surface area contributed by atoms with Crippen molar-refractivity contribution in [2.24, 2.45) is 0 Å². The highest BCUT2D eigenvalue weighted by atomic mass is 32.2. The normalized spacial score (nSPS) is 21.2. The Morgan fingerprint density at radius 3 is 2.38 bits per heavy atom. The Morgan fingerprint density at radius 1 is 1.12 bits per heavy atom. The van der Waals surface area contributed by atoms with Gasteiger partial charge in [0.05, 0.1) is 6.04 Å². The van der Waals surface area contributed by atoms with Crippen LogP contribution in [0.25, 0.3) is 0 Å². The first-order chi connectivity index (χ1) is 14.9. The van der Waals surface area contributed by atoms with Crippen LogP contribution < -0.4 is 9.50 Å². The number of Topliss-reactive ketones (excluding diaryl/α,β-unsaturated/α-hetero) is 1. The molecule has 1 N–H and O–H groups in total. The molecule has 0 spiro atoms. The van der Waals surface area contributed by atoms with E-state index in [-0.39, 0.29) is 23.9 Å². The third-order valence-corrected chi connectivity index (χ3v) is 6.42. The molecule has 2 aromatic carbocycles. The average Bonchev–Trinajstić information content (AvgIpc) is 2.70. The molecule has 0 aliphatic carbocycles. The van der Waals surface area contributed by atoms with Crippen LogP contribution in [0.3, 0.4) is 0 Å². The quantitative estimate of drug-likeness (QED) is 0.392. The first-order valence-corrected chi connectivity index (χ1v) is 11.5. The summed E-state index contributed by atoms with van der Waals surface area (Å²) in [6.07, 6.45) is 0. The van der Waals surface area contributed by atoms with Crippen LogP contribution in [0.15, 0.2) is 48.5 Å². The summed E-state index contributed by atoms with van der Waals surface area (Å²) in [6, 6.07) is 12.6. The first-order valence-electron chi connectivity index (χ1n) is 10.1. The molecule has 0 radical (unpaired) electrons. The lowest BCUT2D eigenvalue weighted by Crippen LogP contribution is -2.55. The van der Waals surface area contributed by atoms with E-state index in [1.54, 1.807) is 30.3 Å². The van der Waals surface area contributed by atoms with Crippen LogP contribution in [0.2, 0.25) is 0 Å². The minimum Gasteiger partial charge on any atom is -0.376 e. The van der Waals surface area contributed by atoms with Crippen molar-refractivity contribution in [1.82, 2.24) is 10.2 Å². The molecule has 0 bridgehead atoms. The zero-order valence-corrected chi connectivity index (χ0v) is 18.7. The number of ketones is 1. The number of hydrogen-bond acceptors (Lipinski definition) is 6. The number of hydrogen-bond donors (Lipinski definition) is 1. The van der Waals surface area contributed by atoms with Gasteiger partial charge in [-0.15, -0.1) is 0 Å². The minimum absolute atomic E-state index is 0.0787. The van der Waals surface area contributed by atoms with Gasteiger partial charge >= 0.3 is 15.6 Å². The van der Waals surface area contributed by atoms with Gasteiger partial charge in [-0.2, -0.15) is 21.6 Å². The van der Waals surface area contributed by atoms with Gasteiger partial charge in [-0.25, -0.2) is 0 Å². The van der Waals surface area contributed by atoms with Gasteiger partial charge in [0.1, 0.15) is 5.75 Å². The summed E-state index contributed by atoms with van der Waals surface area (Å²) in [6.45, 7) is 6.90. The van der Waals surface area contributed by atoms with E-state index in [9.17, 15) is 26.4 Å². The van der Waals surface area contributed by atoms with Crippen molar-refractivity contribution in [3.63, 3.8) is 0 Å². The zero-order valence-electron chi connectivity index (χ0n) is 17.9. The van der Waals surface area contributed by atoms with E-state index in [0.29, 0.717) is 24.2 Å². The van der Waals surface area contributed by atoms with E-state index in [0.717, 1.165) is 5.56 Å². The van der Waals surface area contributed by atoms with E-state index in [4.69, 9.17) is 0 Å². The molecule has 0 aromatic heterocycles. The van der Waals surface area contributed by atoms with Gasteiger partial charge in [-0.1, -0.05) is 36.4 Å². The number of piperazine rings is 1. The molecule has 1 heterocycles. The monoisotopic (exact) mass is 470 g/mol. The Kier molecular flexibility index (Phi) is 6.97. The molecule has 1 fully saturated rings. The number of carbonyl (C=O) groups is 1. The standard InChI is InChI=1S/C22H25F3N2O4S/c1-14-13-27(15(2)12-26-14)21(18-9-7-17(8-10-18)16(3)28)19-5-4-6-20(11-19)31-32(29,30)22(23,24)25/h4-11,14-15,21,26H,12-13H2,1-3H3/t14-,15+,21-/m1/s1. The molecular formula is C22H25F3N2O4S. The number of nitrogens with one attached hydrogen (secondary N) is 1. The number of alkyl halides is 3. The Hall–Kier alpha value is -2.43. The number of halogens is 3. The van der Waals surface area contributed by atoms with Crippen LogP contribution in [-0.4, -0.2) is 49.8 Å². The molecule has 1 aliphatic heterocycles. The van der Waals surface area contributed by atoms with Gasteiger partial charge in [0.2, 0.25) is 0 Å². The third-order valence-electron chi connectivity index (χ3n) is 5.44. The minimum atomic E-state index is -5.78. The van der Waals surface area contributed by atoms with Crippen LogP contribution in [-0.2, 0) is 10.1 Å².